The van der Waals surface area contributed by atoms with Gasteiger partial charge in [0, 0.05) is 44.1 Å². The molecule has 100 valence electrons. The quantitative estimate of drug-likeness (QED) is 0.822. The zero-order valence-corrected chi connectivity index (χ0v) is 11.7. The second-order valence-electron chi connectivity index (χ2n) is 6.10. The minimum absolute atomic E-state index is 0.154. The van der Waals surface area contributed by atoms with E-state index in [2.05, 4.69) is 53.3 Å². The lowest BCUT2D eigenvalue weighted by atomic mass is 10.1. The third kappa shape index (κ3) is 3.68. The molecule has 0 radical (unpaired) electrons. The van der Waals surface area contributed by atoms with Gasteiger partial charge in [-0.15, -0.1) is 0 Å². The molecule has 0 fully saturated rings. The maximum Gasteiger partial charge on any atom is 0.122 e. The van der Waals surface area contributed by atoms with E-state index in [1.54, 1.807) is 0 Å². The lowest BCUT2D eigenvalue weighted by Gasteiger charge is -2.29. The third-order valence-corrected chi connectivity index (χ3v) is 3.14. The van der Waals surface area contributed by atoms with Crippen molar-refractivity contribution in [2.24, 2.45) is 0 Å². The van der Waals surface area contributed by atoms with Crippen molar-refractivity contribution in [1.82, 2.24) is 19.8 Å². The maximum atomic E-state index is 4.38. The molecule has 1 N–H and O–H groups in total. The topological polar surface area (TPSA) is 33.1 Å². The first kappa shape index (κ1) is 13.3. The zero-order chi connectivity index (χ0) is 13.2. The Bertz CT molecular complexity index is 414. The van der Waals surface area contributed by atoms with Crippen LogP contribution in [0.3, 0.4) is 0 Å². The molecule has 2 rings (SSSR count). The molecule has 1 aromatic heterocycles. The lowest BCUT2D eigenvalue weighted by Crippen LogP contribution is -2.40. The van der Waals surface area contributed by atoms with Crippen LogP contribution < -0.4 is 5.32 Å². The predicted octanol–water partition coefficient (Wildman–Crippen LogP) is 1.64. The lowest BCUT2D eigenvalue weighted by molar-refractivity contribution is 0.232. The highest BCUT2D eigenvalue weighted by molar-refractivity contribution is 5.03. The molecule has 4 nitrogen and oxygen atoms in total. The largest absolute Gasteiger partial charge is 0.333 e. The molecule has 0 amide bonds. The third-order valence-electron chi connectivity index (χ3n) is 3.14. The minimum Gasteiger partial charge on any atom is -0.333 e. The van der Waals surface area contributed by atoms with Gasteiger partial charge in [-0.05, 0) is 26.3 Å². The molecule has 0 unspecified atom stereocenters. The SMILES string of the molecule is C=C(CNC(C)(C)C)CN1CCn2ccnc2C1. The van der Waals surface area contributed by atoms with Crippen molar-refractivity contribution in [3.8, 4) is 0 Å². The van der Waals surface area contributed by atoms with Gasteiger partial charge in [-0.3, -0.25) is 4.90 Å². The van der Waals surface area contributed by atoms with Gasteiger partial charge >= 0.3 is 0 Å². The van der Waals surface area contributed by atoms with Gasteiger partial charge in [0.05, 0.1) is 6.54 Å². The number of hydrogen-bond donors (Lipinski definition) is 1. The van der Waals surface area contributed by atoms with Crippen molar-refractivity contribution < 1.29 is 0 Å². The Balaban J connectivity index is 1.79. The number of hydrogen-bond acceptors (Lipinski definition) is 3. The van der Waals surface area contributed by atoms with E-state index < -0.39 is 0 Å². The smallest absolute Gasteiger partial charge is 0.122 e. The Morgan fingerprint density at radius 3 is 2.94 bits per heavy atom. The molecule has 1 aromatic rings. The molecule has 0 atom stereocenters. The number of nitrogens with zero attached hydrogens (tertiary/aromatic N) is 3. The van der Waals surface area contributed by atoms with Crippen molar-refractivity contribution >= 4 is 0 Å². The predicted molar refractivity (Wildman–Crippen MR) is 74.4 cm³/mol. The Kier molecular flexibility index (Phi) is 3.88. The van der Waals surface area contributed by atoms with E-state index in [1.807, 2.05) is 6.20 Å². The first-order chi connectivity index (χ1) is 8.44. The van der Waals surface area contributed by atoms with Crippen LogP contribution in [0.1, 0.15) is 26.6 Å². The van der Waals surface area contributed by atoms with Crippen LogP contribution >= 0.6 is 0 Å². The van der Waals surface area contributed by atoms with Crippen molar-refractivity contribution in [3.63, 3.8) is 0 Å². The van der Waals surface area contributed by atoms with E-state index in [4.69, 9.17) is 0 Å². The van der Waals surface area contributed by atoms with Gasteiger partial charge in [-0.1, -0.05) is 6.58 Å². The number of nitrogens with one attached hydrogen (secondary N) is 1. The molecule has 0 bridgehead atoms. The summed E-state index contributed by atoms with van der Waals surface area (Å²) < 4.78 is 2.23. The molecule has 4 heteroatoms. The molecular formula is C14H24N4. The van der Waals surface area contributed by atoms with Gasteiger partial charge in [0.2, 0.25) is 0 Å². The van der Waals surface area contributed by atoms with Gasteiger partial charge in [0.15, 0.2) is 0 Å². The fourth-order valence-corrected chi connectivity index (χ4v) is 2.12. The summed E-state index contributed by atoms with van der Waals surface area (Å²) in [6.07, 6.45) is 3.94. The van der Waals surface area contributed by atoms with Gasteiger partial charge in [0.25, 0.3) is 0 Å². The van der Waals surface area contributed by atoms with Crippen LogP contribution in [-0.4, -0.2) is 39.6 Å². The average Bonchev–Trinajstić information content (AvgIpc) is 2.72. The summed E-state index contributed by atoms with van der Waals surface area (Å²) in [5, 5.41) is 3.48. The van der Waals surface area contributed by atoms with Crippen LogP contribution in [0.15, 0.2) is 24.5 Å². The fourth-order valence-electron chi connectivity index (χ4n) is 2.12. The number of rotatable bonds is 4. The highest BCUT2D eigenvalue weighted by Crippen LogP contribution is 2.11. The molecule has 0 aromatic carbocycles. The second-order valence-corrected chi connectivity index (χ2v) is 6.10. The Morgan fingerprint density at radius 2 is 2.22 bits per heavy atom. The van der Waals surface area contributed by atoms with Crippen LogP contribution in [0.25, 0.3) is 0 Å². The highest BCUT2D eigenvalue weighted by atomic mass is 15.2. The summed E-state index contributed by atoms with van der Waals surface area (Å²) in [4.78, 5) is 6.79. The molecule has 18 heavy (non-hydrogen) atoms. The monoisotopic (exact) mass is 248 g/mol. The van der Waals surface area contributed by atoms with Crippen LogP contribution in [0.2, 0.25) is 0 Å². The van der Waals surface area contributed by atoms with Gasteiger partial charge in [-0.25, -0.2) is 4.98 Å². The molecule has 0 aliphatic carbocycles. The van der Waals surface area contributed by atoms with E-state index in [0.717, 1.165) is 38.5 Å². The Morgan fingerprint density at radius 1 is 1.44 bits per heavy atom. The van der Waals surface area contributed by atoms with Crippen molar-refractivity contribution in [2.75, 3.05) is 19.6 Å². The summed E-state index contributed by atoms with van der Waals surface area (Å²) in [7, 11) is 0. The van der Waals surface area contributed by atoms with E-state index >= 15 is 0 Å². The molecule has 1 aliphatic heterocycles. The van der Waals surface area contributed by atoms with Gasteiger partial charge in [0.1, 0.15) is 5.82 Å². The summed E-state index contributed by atoms with van der Waals surface area (Å²) in [6, 6.07) is 0. The van der Waals surface area contributed by atoms with E-state index in [0.29, 0.717) is 0 Å². The standard InChI is InChI=1S/C14H24N4/c1-12(9-16-14(2,3)4)10-17-7-8-18-6-5-15-13(18)11-17/h5-6,16H,1,7-11H2,2-4H3. The summed E-state index contributed by atoms with van der Waals surface area (Å²) in [5.41, 5.74) is 1.39. The zero-order valence-electron chi connectivity index (χ0n) is 11.7. The first-order valence-electron chi connectivity index (χ1n) is 6.58. The molecule has 0 saturated carbocycles. The summed E-state index contributed by atoms with van der Waals surface area (Å²) in [6.45, 7) is 15.6. The van der Waals surface area contributed by atoms with Crippen LogP contribution in [0.4, 0.5) is 0 Å². The van der Waals surface area contributed by atoms with Crippen LogP contribution in [0, 0.1) is 0 Å². The van der Waals surface area contributed by atoms with Crippen molar-refractivity contribution in [1.29, 1.82) is 0 Å². The van der Waals surface area contributed by atoms with E-state index in [9.17, 15) is 0 Å². The van der Waals surface area contributed by atoms with Crippen molar-refractivity contribution in [2.45, 2.75) is 39.4 Å². The average molecular weight is 248 g/mol. The van der Waals surface area contributed by atoms with Gasteiger partial charge < -0.3 is 9.88 Å². The molecular weight excluding hydrogens is 224 g/mol. The van der Waals surface area contributed by atoms with Crippen LogP contribution in [-0.2, 0) is 13.1 Å². The molecule has 0 spiro atoms. The van der Waals surface area contributed by atoms with E-state index in [-0.39, 0.29) is 5.54 Å². The summed E-state index contributed by atoms with van der Waals surface area (Å²) in [5.74, 6) is 1.16. The second kappa shape index (κ2) is 5.24. The molecule has 1 aliphatic rings. The normalized spacial score (nSPS) is 16.6. The molecule has 2 heterocycles. The Labute approximate surface area is 110 Å². The van der Waals surface area contributed by atoms with Crippen LogP contribution in [0.5, 0.6) is 0 Å². The Hall–Kier alpha value is -1.13. The number of aromatic nitrogens is 2. The number of imidazole rings is 1. The first-order valence-corrected chi connectivity index (χ1v) is 6.58. The van der Waals surface area contributed by atoms with Gasteiger partial charge in [-0.2, -0.15) is 0 Å². The van der Waals surface area contributed by atoms with Crippen molar-refractivity contribution in [3.05, 3.63) is 30.4 Å². The summed E-state index contributed by atoms with van der Waals surface area (Å²) >= 11 is 0. The molecule has 0 saturated heterocycles. The fraction of sp³-hybridized carbons (Fsp3) is 0.643. The maximum absolute atomic E-state index is 4.38. The highest BCUT2D eigenvalue weighted by Gasteiger charge is 2.17. The number of fused-ring (bicyclic) bond motifs is 1. The van der Waals surface area contributed by atoms with E-state index in [1.165, 1.54) is 5.57 Å². The minimum atomic E-state index is 0.154.